The van der Waals surface area contributed by atoms with E-state index in [0.29, 0.717) is 23.7 Å². The quantitative estimate of drug-likeness (QED) is 0.791. The number of likely N-dealkylation sites (tertiary alicyclic amines) is 1. The van der Waals surface area contributed by atoms with Gasteiger partial charge < -0.3 is 4.90 Å². The number of carbonyl (C=O) groups is 1. The fourth-order valence-electron chi connectivity index (χ4n) is 5.98. The minimum absolute atomic E-state index is 0.121. The summed E-state index contributed by atoms with van der Waals surface area (Å²) in [6.07, 6.45) is 4.22. The first kappa shape index (κ1) is 14.4. The molecule has 1 aliphatic heterocycles. The Morgan fingerprint density at radius 3 is 2.86 bits per heavy atom. The van der Waals surface area contributed by atoms with Crippen molar-refractivity contribution in [1.82, 2.24) is 4.90 Å². The van der Waals surface area contributed by atoms with E-state index in [1.165, 1.54) is 11.1 Å². The largest absolute Gasteiger partial charge is 0.303 e. The highest BCUT2D eigenvalue weighted by atomic mass is 16.1. The van der Waals surface area contributed by atoms with Gasteiger partial charge in [0.2, 0.25) is 0 Å². The SMILES string of the molecule is CC[C@H]1[C@H]2[C@H]3Cc4ccccc4[C@]2(CCN3C)CC(=O)[C@@H]1C. The Hall–Kier alpha value is -1.15. The smallest absolute Gasteiger partial charge is 0.136 e. The van der Waals surface area contributed by atoms with E-state index < -0.39 is 0 Å². The Morgan fingerprint density at radius 1 is 1.32 bits per heavy atom. The number of rotatable bonds is 1. The zero-order valence-electron chi connectivity index (χ0n) is 14.0. The third-order valence-corrected chi connectivity index (χ3v) is 7.08. The van der Waals surface area contributed by atoms with E-state index in [4.69, 9.17) is 0 Å². The second-order valence-electron chi connectivity index (χ2n) is 7.85. The fraction of sp³-hybridized carbons (Fsp3) is 0.650. The summed E-state index contributed by atoms with van der Waals surface area (Å²) >= 11 is 0. The average molecular weight is 297 g/mol. The molecule has 3 aliphatic rings. The second-order valence-corrected chi connectivity index (χ2v) is 7.85. The van der Waals surface area contributed by atoms with Gasteiger partial charge in [-0.15, -0.1) is 0 Å². The highest BCUT2D eigenvalue weighted by molar-refractivity contribution is 5.84. The summed E-state index contributed by atoms with van der Waals surface area (Å²) in [7, 11) is 2.29. The van der Waals surface area contributed by atoms with Crippen molar-refractivity contribution in [3.63, 3.8) is 0 Å². The van der Waals surface area contributed by atoms with Crippen molar-refractivity contribution in [2.75, 3.05) is 13.6 Å². The predicted molar refractivity (Wildman–Crippen MR) is 88.9 cm³/mol. The summed E-state index contributed by atoms with van der Waals surface area (Å²) in [5.41, 5.74) is 3.12. The van der Waals surface area contributed by atoms with Gasteiger partial charge in [0.05, 0.1) is 0 Å². The van der Waals surface area contributed by atoms with Gasteiger partial charge in [-0.3, -0.25) is 4.79 Å². The van der Waals surface area contributed by atoms with Crippen LogP contribution in [0.2, 0.25) is 0 Å². The Balaban J connectivity index is 1.92. The van der Waals surface area contributed by atoms with E-state index in [0.717, 1.165) is 32.2 Å². The maximum atomic E-state index is 12.8. The van der Waals surface area contributed by atoms with Crippen LogP contribution in [-0.2, 0) is 16.6 Å². The standard InChI is InChI=1S/C20H27NO/c1-4-15-13(2)18(22)12-20-9-10-21(3)17(19(15)20)11-14-7-5-6-8-16(14)20/h5-8,13,15,17,19H,4,9-12H2,1-3H3/t13-,15-,17-,19+,20+/m1/s1. The number of ketones is 1. The molecule has 0 spiro atoms. The van der Waals surface area contributed by atoms with Crippen molar-refractivity contribution in [3.05, 3.63) is 35.4 Å². The van der Waals surface area contributed by atoms with Gasteiger partial charge in [-0.1, -0.05) is 44.5 Å². The van der Waals surface area contributed by atoms with Crippen LogP contribution >= 0.6 is 0 Å². The number of piperidine rings is 1. The van der Waals surface area contributed by atoms with E-state index in [-0.39, 0.29) is 11.3 Å². The van der Waals surface area contributed by atoms with Gasteiger partial charge in [-0.05, 0) is 49.4 Å². The zero-order valence-corrected chi connectivity index (χ0v) is 14.0. The molecule has 0 unspecified atom stereocenters. The third-order valence-electron chi connectivity index (χ3n) is 7.08. The van der Waals surface area contributed by atoms with Crippen LogP contribution in [0.5, 0.6) is 0 Å². The third kappa shape index (κ3) is 1.73. The van der Waals surface area contributed by atoms with Crippen molar-refractivity contribution in [2.24, 2.45) is 17.8 Å². The molecule has 0 N–H and O–H groups in total. The fourth-order valence-corrected chi connectivity index (χ4v) is 5.98. The predicted octanol–water partition coefficient (Wildman–Crippen LogP) is 3.44. The van der Waals surface area contributed by atoms with Crippen molar-refractivity contribution in [2.45, 2.75) is 51.0 Å². The number of fused-ring (bicyclic) bond motifs is 1. The van der Waals surface area contributed by atoms with Gasteiger partial charge in [0.25, 0.3) is 0 Å². The first-order chi connectivity index (χ1) is 10.6. The van der Waals surface area contributed by atoms with Crippen LogP contribution in [0.15, 0.2) is 24.3 Å². The first-order valence-electron chi connectivity index (χ1n) is 8.90. The molecule has 1 saturated heterocycles. The maximum absolute atomic E-state index is 12.8. The normalized spacial score (nSPS) is 41.0. The number of carbonyl (C=O) groups excluding carboxylic acids is 1. The summed E-state index contributed by atoms with van der Waals surface area (Å²) in [4.78, 5) is 15.4. The van der Waals surface area contributed by atoms with Crippen LogP contribution in [-0.4, -0.2) is 30.3 Å². The van der Waals surface area contributed by atoms with Crippen LogP contribution in [0.1, 0.15) is 44.2 Å². The summed E-state index contributed by atoms with van der Waals surface area (Å²) in [5, 5.41) is 0. The van der Waals surface area contributed by atoms with E-state index >= 15 is 0 Å². The van der Waals surface area contributed by atoms with Crippen LogP contribution in [0, 0.1) is 17.8 Å². The number of hydrogen-bond acceptors (Lipinski definition) is 2. The van der Waals surface area contributed by atoms with Gasteiger partial charge in [-0.2, -0.15) is 0 Å². The van der Waals surface area contributed by atoms with Crippen molar-refractivity contribution in [3.8, 4) is 0 Å². The summed E-state index contributed by atoms with van der Waals surface area (Å²) < 4.78 is 0. The molecule has 2 heteroatoms. The molecule has 0 amide bonds. The molecule has 2 bridgehead atoms. The molecule has 5 atom stereocenters. The highest BCUT2D eigenvalue weighted by Crippen LogP contribution is 2.58. The Labute approximate surface area is 133 Å². The summed E-state index contributed by atoms with van der Waals surface area (Å²) in [5.74, 6) is 1.94. The topological polar surface area (TPSA) is 20.3 Å². The lowest BCUT2D eigenvalue weighted by Crippen LogP contribution is -2.64. The minimum Gasteiger partial charge on any atom is -0.303 e. The van der Waals surface area contributed by atoms with Crippen LogP contribution in [0.4, 0.5) is 0 Å². The Morgan fingerprint density at radius 2 is 2.09 bits per heavy atom. The average Bonchev–Trinajstić information content (AvgIpc) is 2.52. The number of likely N-dealkylation sites (N-methyl/N-ethyl adjacent to an activating group) is 1. The molecule has 1 aromatic carbocycles. The van der Waals surface area contributed by atoms with Crippen LogP contribution in [0.3, 0.4) is 0 Å². The first-order valence-corrected chi connectivity index (χ1v) is 8.90. The minimum atomic E-state index is 0.121. The molecule has 1 aromatic rings. The van der Waals surface area contributed by atoms with E-state index in [2.05, 4.69) is 50.1 Å². The van der Waals surface area contributed by atoms with Crippen LogP contribution < -0.4 is 0 Å². The Bertz CT molecular complexity index is 609. The molecule has 0 aromatic heterocycles. The molecule has 4 rings (SSSR count). The molecule has 2 fully saturated rings. The maximum Gasteiger partial charge on any atom is 0.136 e. The molecule has 1 heterocycles. The molecule has 118 valence electrons. The van der Waals surface area contributed by atoms with Gasteiger partial charge in [0.15, 0.2) is 0 Å². The number of benzene rings is 1. The molecular weight excluding hydrogens is 270 g/mol. The van der Waals surface area contributed by atoms with Gasteiger partial charge in [-0.25, -0.2) is 0 Å². The number of hydrogen-bond donors (Lipinski definition) is 0. The van der Waals surface area contributed by atoms with E-state index in [1.807, 2.05) is 0 Å². The monoisotopic (exact) mass is 297 g/mol. The summed E-state index contributed by atoms with van der Waals surface area (Å²) in [6, 6.07) is 9.56. The zero-order chi connectivity index (χ0) is 15.5. The van der Waals surface area contributed by atoms with Crippen LogP contribution in [0.25, 0.3) is 0 Å². The van der Waals surface area contributed by atoms with Crippen molar-refractivity contribution < 1.29 is 4.79 Å². The Kier molecular flexibility index (Phi) is 3.23. The summed E-state index contributed by atoms with van der Waals surface area (Å²) in [6.45, 7) is 5.59. The number of nitrogens with zero attached hydrogens (tertiary/aromatic N) is 1. The van der Waals surface area contributed by atoms with E-state index in [1.54, 1.807) is 0 Å². The molecular formula is C20H27NO. The van der Waals surface area contributed by atoms with Gasteiger partial charge in [0.1, 0.15) is 5.78 Å². The number of Topliss-reactive ketones (excluding diaryl/α,β-unsaturated/α-hetero) is 1. The van der Waals surface area contributed by atoms with Gasteiger partial charge in [0, 0.05) is 23.8 Å². The lowest BCUT2D eigenvalue weighted by molar-refractivity contribution is -0.138. The molecule has 1 saturated carbocycles. The lowest BCUT2D eigenvalue weighted by atomic mass is 9.47. The molecule has 2 aliphatic carbocycles. The highest BCUT2D eigenvalue weighted by Gasteiger charge is 2.59. The van der Waals surface area contributed by atoms with E-state index in [9.17, 15) is 4.79 Å². The molecule has 0 radical (unpaired) electrons. The van der Waals surface area contributed by atoms with Gasteiger partial charge >= 0.3 is 0 Å². The van der Waals surface area contributed by atoms with Crippen molar-refractivity contribution >= 4 is 5.78 Å². The van der Waals surface area contributed by atoms with Crippen molar-refractivity contribution in [1.29, 1.82) is 0 Å². The molecule has 2 nitrogen and oxygen atoms in total. The lowest BCUT2D eigenvalue weighted by Gasteiger charge is -2.61. The second kappa shape index (κ2) is 4.92. The molecule has 22 heavy (non-hydrogen) atoms.